The van der Waals surface area contributed by atoms with Crippen molar-refractivity contribution in [2.75, 3.05) is 0 Å². The Hall–Kier alpha value is -3.61. The van der Waals surface area contributed by atoms with Gasteiger partial charge in [0.25, 0.3) is 17.4 Å². The highest BCUT2D eigenvalue weighted by molar-refractivity contribution is 6.34. The molecule has 0 bridgehead atoms. The second-order valence-electron chi connectivity index (χ2n) is 8.55. The Morgan fingerprint density at radius 3 is 2.10 bits per heavy atom. The fourth-order valence-electron chi connectivity index (χ4n) is 3.97. The normalized spacial score (nSPS) is 17.0. The Bertz CT molecular complexity index is 1530. The molecule has 0 saturated heterocycles. The lowest BCUT2D eigenvalue weighted by molar-refractivity contribution is -0.275. The number of benzene rings is 3. The second-order valence-corrected chi connectivity index (χ2v) is 9.42. The molecule has 1 aliphatic heterocycles. The standard InChI is InChI=1S/C25H15Cl2F6N3O3/c1-11-4-12(21-10-24(39-35-21,25(31,32)33)13-5-14(26)7-15(27)6-13)2-3-16(11)22(37)36(34)23(38)17-8-19(29)20(30)9-18(17)28/h2-9H,10,34H2,1H3. The summed E-state index contributed by atoms with van der Waals surface area (Å²) >= 11 is 11.8. The maximum absolute atomic E-state index is 14.2. The van der Waals surface area contributed by atoms with Crippen LogP contribution >= 0.6 is 23.2 Å². The highest BCUT2D eigenvalue weighted by atomic mass is 35.5. The summed E-state index contributed by atoms with van der Waals surface area (Å²) in [5.74, 6) is -1.57. The van der Waals surface area contributed by atoms with E-state index in [2.05, 4.69) is 5.16 Å². The average Bonchev–Trinajstić information content (AvgIpc) is 3.31. The maximum atomic E-state index is 14.2. The van der Waals surface area contributed by atoms with Crippen molar-refractivity contribution in [3.8, 4) is 0 Å². The number of hydrogen-bond donors (Lipinski definition) is 1. The van der Waals surface area contributed by atoms with Gasteiger partial charge in [-0.1, -0.05) is 34.4 Å². The number of oxime groups is 1. The number of aryl methyl sites for hydroxylation is 1. The molecule has 0 saturated carbocycles. The summed E-state index contributed by atoms with van der Waals surface area (Å²) in [6.45, 7) is 1.40. The summed E-state index contributed by atoms with van der Waals surface area (Å²) in [7, 11) is 0. The Morgan fingerprint density at radius 2 is 1.51 bits per heavy atom. The van der Waals surface area contributed by atoms with Gasteiger partial charge in [-0.15, -0.1) is 0 Å². The Balaban J connectivity index is 1.61. The van der Waals surface area contributed by atoms with E-state index in [0.29, 0.717) is 0 Å². The van der Waals surface area contributed by atoms with Crippen LogP contribution in [-0.2, 0) is 10.4 Å². The first-order valence-corrected chi connectivity index (χ1v) is 11.6. The van der Waals surface area contributed by atoms with Gasteiger partial charge < -0.3 is 4.84 Å². The Labute approximate surface area is 226 Å². The zero-order valence-corrected chi connectivity index (χ0v) is 21.1. The molecule has 1 atom stereocenters. The molecule has 3 aromatic rings. The number of hydrogen-bond acceptors (Lipinski definition) is 5. The van der Waals surface area contributed by atoms with Gasteiger partial charge in [0.05, 0.1) is 11.3 Å². The number of rotatable bonds is 4. The SMILES string of the molecule is Cc1cc(C2=NOC(c3cc(Cl)cc(Cl)c3)(C(F)(F)F)C2)ccc1C(=O)N(N)C(=O)c1cc(F)c(F)cc1F. The smallest absolute Gasteiger partial charge is 0.374 e. The van der Waals surface area contributed by atoms with Crippen molar-refractivity contribution in [2.45, 2.75) is 25.1 Å². The minimum atomic E-state index is -4.92. The van der Waals surface area contributed by atoms with Gasteiger partial charge in [-0.2, -0.15) is 13.2 Å². The van der Waals surface area contributed by atoms with Crippen molar-refractivity contribution in [1.82, 2.24) is 5.01 Å². The van der Waals surface area contributed by atoms with E-state index in [9.17, 15) is 35.9 Å². The van der Waals surface area contributed by atoms with Crippen LogP contribution in [0, 0.1) is 24.4 Å². The molecule has 3 aromatic carbocycles. The first kappa shape index (κ1) is 28.4. The van der Waals surface area contributed by atoms with Crippen molar-refractivity contribution < 1.29 is 40.8 Å². The van der Waals surface area contributed by atoms with Crippen LogP contribution in [0.1, 0.15) is 43.8 Å². The number of nitrogens with two attached hydrogens (primary N) is 1. The molecule has 0 fully saturated rings. The fraction of sp³-hybridized carbons (Fsp3) is 0.160. The maximum Gasteiger partial charge on any atom is 0.435 e. The summed E-state index contributed by atoms with van der Waals surface area (Å²) < 4.78 is 83.4. The minimum Gasteiger partial charge on any atom is -0.374 e. The molecule has 1 aliphatic rings. The number of imide groups is 1. The van der Waals surface area contributed by atoms with Crippen molar-refractivity contribution in [3.63, 3.8) is 0 Å². The number of amides is 2. The third-order valence-corrected chi connectivity index (χ3v) is 6.42. The minimum absolute atomic E-state index is 0.00548. The zero-order chi connectivity index (χ0) is 28.9. The van der Waals surface area contributed by atoms with Gasteiger partial charge in [-0.3, -0.25) is 9.59 Å². The third-order valence-electron chi connectivity index (χ3n) is 5.98. The molecule has 39 heavy (non-hydrogen) atoms. The lowest BCUT2D eigenvalue weighted by Gasteiger charge is -2.29. The largest absolute Gasteiger partial charge is 0.435 e. The van der Waals surface area contributed by atoms with E-state index in [1.165, 1.54) is 25.1 Å². The second kappa shape index (κ2) is 10.2. The number of carbonyl (C=O) groups is 2. The summed E-state index contributed by atoms with van der Waals surface area (Å²) in [6.07, 6.45) is -5.68. The predicted molar refractivity (Wildman–Crippen MR) is 129 cm³/mol. The van der Waals surface area contributed by atoms with Crippen LogP contribution in [0.5, 0.6) is 0 Å². The Kier molecular flexibility index (Phi) is 7.41. The zero-order valence-electron chi connectivity index (χ0n) is 19.5. The first-order valence-electron chi connectivity index (χ1n) is 10.8. The molecular weight excluding hydrogens is 575 g/mol. The number of halogens is 8. The van der Waals surface area contributed by atoms with E-state index in [0.717, 1.165) is 18.2 Å². The van der Waals surface area contributed by atoms with Crippen molar-refractivity contribution >= 4 is 40.7 Å². The van der Waals surface area contributed by atoms with Crippen LogP contribution in [0.2, 0.25) is 10.0 Å². The number of hydrazine groups is 1. The van der Waals surface area contributed by atoms with Gasteiger partial charge in [0.1, 0.15) is 5.82 Å². The van der Waals surface area contributed by atoms with E-state index in [-0.39, 0.29) is 55.2 Å². The molecule has 2 amide bonds. The molecule has 0 aromatic heterocycles. The van der Waals surface area contributed by atoms with Crippen LogP contribution in [0.4, 0.5) is 26.3 Å². The topological polar surface area (TPSA) is 85.0 Å². The molecule has 6 nitrogen and oxygen atoms in total. The lowest BCUT2D eigenvalue weighted by Crippen LogP contribution is -2.43. The first-order chi connectivity index (χ1) is 18.1. The number of alkyl halides is 3. The molecule has 0 spiro atoms. The van der Waals surface area contributed by atoms with Crippen molar-refractivity contribution in [3.05, 3.63) is 104 Å². The fourth-order valence-corrected chi connectivity index (χ4v) is 4.49. The van der Waals surface area contributed by atoms with Crippen molar-refractivity contribution in [1.29, 1.82) is 0 Å². The summed E-state index contributed by atoms with van der Waals surface area (Å²) in [6, 6.07) is 7.49. The summed E-state index contributed by atoms with van der Waals surface area (Å²) in [5, 5.41) is 3.56. The molecule has 1 heterocycles. The van der Waals surface area contributed by atoms with Gasteiger partial charge in [0.15, 0.2) is 11.6 Å². The molecule has 4 rings (SSSR count). The van der Waals surface area contributed by atoms with Crippen LogP contribution < -0.4 is 5.84 Å². The molecule has 0 radical (unpaired) electrons. The summed E-state index contributed by atoms with van der Waals surface area (Å²) in [5.41, 5.74) is -4.21. The van der Waals surface area contributed by atoms with Crippen LogP contribution in [-0.4, -0.2) is 28.7 Å². The molecular formula is C25H15Cl2F6N3O3. The van der Waals surface area contributed by atoms with Gasteiger partial charge in [-0.25, -0.2) is 24.0 Å². The average molecular weight is 590 g/mol. The molecule has 204 valence electrons. The van der Waals surface area contributed by atoms with Gasteiger partial charge >= 0.3 is 6.18 Å². The van der Waals surface area contributed by atoms with Crippen molar-refractivity contribution in [2.24, 2.45) is 11.0 Å². The number of carbonyl (C=O) groups excluding carboxylic acids is 2. The van der Waals surface area contributed by atoms with E-state index in [1.807, 2.05) is 0 Å². The van der Waals surface area contributed by atoms with Crippen LogP contribution in [0.15, 0.2) is 53.7 Å². The van der Waals surface area contributed by atoms with Gasteiger partial charge in [-0.05, 0) is 54.4 Å². The number of nitrogens with zero attached hydrogens (tertiary/aromatic N) is 2. The molecule has 0 aliphatic carbocycles. The van der Waals surface area contributed by atoms with E-state index >= 15 is 0 Å². The third kappa shape index (κ3) is 5.19. The van der Waals surface area contributed by atoms with Crippen LogP contribution in [0.25, 0.3) is 0 Å². The van der Waals surface area contributed by atoms with Gasteiger partial charge in [0.2, 0.25) is 0 Å². The van der Waals surface area contributed by atoms with E-state index < -0.39 is 53.0 Å². The van der Waals surface area contributed by atoms with E-state index in [1.54, 1.807) is 0 Å². The Morgan fingerprint density at radius 1 is 0.923 bits per heavy atom. The highest BCUT2D eigenvalue weighted by Crippen LogP contribution is 2.49. The molecule has 14 heteroatoms. The highest BCUT2D eigenvalue weighted by Gasteiger charge is 2.62. The summed E-state index contributed by atoms with van der Waals surface area (Å²) in [4.78, 5) is 30.2. The molecule has 2 N–H and O–H groups in total. The van der Waals surface area contributed by atoms with E-state index in [4.69, 9.17) is 33.9 Å². The van der Waals surface area contributed by atoms with Gasteiger partial charge in [0, 0.05) is 33.7 Å². The monoisotopic (exact) mass is 589 g/mol. The lowest BCUT2D eigenvalue weighted by atomic mass is 9.86. The molecule has 1 unspecified atom stereocenters. The quantitative estimate of drug-likeness (QED) is 0.0945. The van der Waals surface area contributed by atoms with Crippen LogP contribution in [0.3, 0.4) is 0 Å². The predicted octanol–water partition coefficient (Wildman–Crippen LogP) is 6.46.